The van der Waals surface area contributed by atoms with Crippen molar-refractivity contribution in [2.75, 3.05) is 13.2 Å². The molecule has 1 aliphatic heterocycles. The van der Waals surface area contributed by atoms with Crippen LogP contribution in [0.2, 0.25) is 0 Å². The Balaban J connectivity index is 1.48. The predicted molar refractivity (Wildman–Crippen MR) is 144 cm³/mol. The topological polar surface area (TPSA) is 112 Å². The van der Waals surface area contributed by atoms with Crippen LogP contribution in [0.15, 0.2) is 108 Å². The van der Waals surface area contributed by atoms with E-state index in [1.54, 1.807) is 29.9 Å². The van der Waals surface area contributed by atoms with Crippen molar-refractivity contribution in [3.63, 3.8) is 0 Å². The lowest BCUT2D eigenvalue weighted by Gasteiger charge is -2.29. The first-order valence-corrected chi connectivity index (χ1v) is 12.5. The molecule has 0 saturated heterocycles. The standard InChI is InChI=1S/C30H26N4O5/c1-2-38-29(36)25-24(31-30(37)32-27(25)21-14-8-4-9-15-21)19-39-28(35)23-18-34(22-16-10-5-11-17-22)33-26(23)20-12-6-3-7-13-20/h3-18,27H,2,19H2,1H3,(H2,31,32,37)/t27-/m1/s1. The van der Waals surface area contributed by atoms with Crippen LogP contribution in [0.5, 0.6) is 0 Å². The summed E-state index contributed by atoms with van der Waals surface area (Å²) in [5, 5.41) is 10.0. The summed E-state index contributed by atoms with van der Waals surface area (Å²) in [6.07, 6.45) is 1.61. The second kappa shape index (κ2) is 11.5. The Morgan fingerprint density at radius 2 is 1.51 bits per heavy atom. The number of benzene rings is 3. The Morgan fingerprint density at radius 3 is 2.18 bits per heavy atom. The smallest absolute Gasteiger partial charge is 0.342 e. The number of para-hydroxylation sites is 1. The molecule has 9 heteroatoms. The summed E-state index contributed by atoms with van der Waals surface area (Å²) in [7, 11) is 0. The average molecular weight is 523 g/mol. The van der Waals surface area contributed by atoms with Crippen LogP contribution < -0.4 is 10.6 Å². The summed E-state index contributed by atoms with van der Waals surface area (Å²) >= 11 is 0. The van der Waals surface area contributed by atoms with E-state index in [0.29, 0.717) is 11.3 Å². The number of esters is 2. The maximum atomic E-state index is 13.4. The average Bonchev–Trinajstić information content (AvgIpc) is 3.43. The molecule has 196 valence electrons. The first kappa shape index (κ1) is 25.5. The third kappa shape index (κ3) is 5.57. The zero-order valence-corrected chi connectivity index (χ0v) is 21.2. The summed E-state index contributed by atoms with van der Waals surface area (Å²) in [5.74, 6) is -1.28. The van der Waals surface area contributed by atoms with Gasteiger partial charge in [-0.1, -0.05) is 78.9 Å². The summed E-state index contributed by atoms with van der Waals surface area (Å²) < 4.78 is 12.6. The van der Waals surface area contributed by atoms with E-state index in [1.165, 1.54) is 0 Å². The van der Waals surface area contributed by atoms with Crippen molar-refractivity contribution in [3.8, 4) is 16.9 Å². The first-order valence-electron chi connectivity index (χ1n) is 12.5. The lowest BCUT2D eigenvalue weighted by Crippen LogP contribution is -2.47. The third-order valence-corrected chi connectivity index (χ3v) is 6.13. The van der Waals surface area contributed by atoms with Gasteiger partial charge in [0, 0.05) is 11.8 Å². The van der Waals surface area contributed by atoms with Gasteiger partial charge in [0.15, 0.2) is 0 Å². The van der Waals surface area contributed by atoms with Crippen molar-refractivity contribution in [1.29, 1.82) is 0 Å². The van der Waals surface area contributed by atoms with E-state index >= 15 is 0 Å². The van der Waals surface area contributed by atoms with Crippen molar-refractivity contribution >= 4 is 18.0 Å². The lowest BCUT2D eigenvalue weighted by atomic mass is 9.95. The summed E-state index contributed by atoms with van der Waals surface area (Å²) in [4.78, 5) is 38.9. The van der Waals surface area contributed by atoms with Crippen LogP contribution in [0, 0.1) is 0 Å². The fraction of sp³-hybridized carbons (Fsp3) is 0.133. The molecule has 1 atom stereocenters. The highest BCUT2D eigenvalue weighted by atomic mass is 16.5. The largest absolute Gasteiger partial charge is 0.463 e. The van der Waals surface area contributed by atoms with E-state index in [2.05, 4.69) is 15.7 Å². The molecular weight excluding hydrogens is 496 g/mol. The number of ether oxygens (including phenoxy) is 2. The second-order valence-electron chi connectivity index (χ2n) is 8.67. The van der Waals surface area contributed by atoms with E-state index in [0.717, 1.165) is 11.3 Å². The molecule has 0 fully saturated rings. The minimum atomic E-state index is -0.770. The molecule has 3 aromatic carbocycles. The van der Waals surface area contributed by atoms with E-state index < -0.39 is 24.0 Å². The molecule has 39 heavy (non-hydrogen) atoms. The summed E-state index contributed by atoms with van der Waals surface area (Å²) in [6, 6.07) is 26.5. The molecule has 0 bridgehead atoms. The van der Waals surface area contributed by atoms with Gasteiger partial charge in [-0.05, 0) is 24.6 Å². The lowest BCUT2D eigenvalue weighted by molar-refractivity contribution is -0.139. The number of hydrogen-bond acceptors (Lipinski definition) is 6. The van der Waals surface area contributed by atoms with Crippen LogP contribution in [-0.4, -0.2) is 41.0 Å². The normalized spacial score (nSPS) is 14.8. The predicted octanol–water partition coefficient (Wildman–Crippen LogP) is 4.57. The zero-order chi connectivity index (χ0) is 27.2. The molecular formula is C30H26N4O5. The SMILES string of the molecule is CCOC(=O)C1=C(COC(=O)c2cn(-c3ccccc3)nc2-c2ccccc2)NC(=O)N[C@@H]1c1ccccc1. The van der Waals surface area contributed by atoms with Gasteiger partial charge in [-0.25, -0.2) is 19.1 Å². The minimum Gasteiger partial charge on any atom is -0.463 e. The number of carbonyl (C=O) groups is 3. The Kier molecular flexibility index (Phi) is 7.49. The fourth-order valence-electron chi connectivity index (χ4n) is 4.34. The Labute approximate surface area is 225 Å². The highest BCUT2D eigenvalue weighted by Crippen LogP contribution is 2.29. The van der Waals surface area contributed by atoms with Crippen LogP contribution in [0.1, 0.15) is 28.9 Å². The molecule has 0 unspecified atom stereocenters. The van der Waals surface area contributed by atoms with Gasteiger partial charge in [0.2, 0.25) is 0 Å². The second-order valence-corrected chi connectivity index (χ2v) is 8.67. The van der Waals surface area contributed by atoms with Crippen LogP contribution in [-0.2, 0) is 14.3 Å². The Bertz CT molecular complexity index is 1510. The van der Waals surface area contributed by atoms with Crippen LogP contribution in [0.25, 0.3) is 16.9 Å². The highest BCUT2D eigenvalue weighted by molar-refractivity contribution is 5.97. The van der Waals surface area contributed by atoms with Crippen molar-refractivity contribution in [3.05, 3.63) is 120 Å². The number of nitrogens with zero attached hydrogens (tertiary/aromatic N) is 2. The third-order valence-electron chi connectivity index (χ3n) is 6.13. The minimum absolute atomic E-state index is 0.143. The van der Waals surface area contributed by atoms with Gasteiger partial charge < -0.3 is 20.1 Å². The molecule has 4 aromatic rings. The molecule has 0 spiro atoms. The first-order chi connectivity index (χ1) is 19.0. The van der Waals surface area contributed by atoms with Gasteiger partial charge in [0.25, 0.3) is 0 Å². The molecule has 0 radical (unpaired) electrons. The van der Waals surface area contributed by atoms with Crippen LogP contribution in [0.3, 0.4) is 0 Å². The van der Waals surface area contributed by atoms with Crippen molar-refractivity contribution < 1.29 is 23.9 Å². The number of hydrogen-bond donors (Lipinski definition) is 2. The monoisotopic (exact) mass is 522 g/mol. The molecule has 1 aromatic heterocycles. The van der Waals surface area contributed by atoms with Gasteiger partial charge in [-0.3, -0.25) is 0 Å². The zero-order valence-electron chi connectivity index (χ0n) is 21.2. The van der Waals surface area contributed by atoms with E-state index in [4.69, 9.17) is 9.47 Å². The Morgan fingerprint density at radius 1 is 0.872 bits per heavy atom. The quantitative estimate of drug-likeness (QED) is 0.328. The van der Waals surface area contributed by atoms with E-state index in [9.17, 15) is 14.4 Å². The number of urea groups is 1. The maximum Gasteiger partial charge on any atom is 0.342 e. The number of rotatable bonds is 8. The summed E-state index contributed by atoms with van der Waals surface area (Å²) in [5.41, 5.74) is 3.20. The fourth-order valence-corrected chi connectivity index (χ4v) is 4.34. The molecule has 9 nitrogen and oxygen atoms in total. The molecule has 2 amide bonds. The van der Waals surface area contributed by atoms with Crippen LogP contribution in [0.4, 0.5) is 4.79 Å². The van der Waals surface area contributed by atoms with Gasteiger partial charge >= 0.3 is 18.0 Å². The molecule has 2 N–H and O–H groups in total. The molecule has 2 heterocycles. The summed E-state index contributed by atoms with van der Waals surface area (Å²) in [6.45, 7) is 1.48. The molecule has 1 aliphatic rings. The maximum absolute atomic E-state index is 13.4. The number of nitrogens with one attached hydrogen (secondary N) is 2. The van der Waals surface area contributed by atoms with Gasteiger partial charge in [0.05, 0.1) is 29.6 Å². The van der Waals surface area contributed by atoms with Gasteiger partial charge in [-0.15, -0.1) is 0 Å². The van der Waals surface area contributed by atoms with Gasteiger partial charge in [-0.2, -0.15) is 5.10 Å². The molecule has 5 rings (SSSR count). The molecule has 0 aliphatic carbocycles. The van der Waals surface area contributed by atoms with Crippen LogP contribution >= 0.6 is 0 Å². The van der Waals surface area contributed by atoms with Crippen molar-refractivity contribution in [1.82, 2.24) is 20.4 Å². The Hall–Kier alpha value is -5.18. The number of carbonyl (C=O) groups excluding carboxylic acids is 3. The van der Waals surface area contributed by atoms with E-state index in [-0.39, 0.29) is 30.0 Å². The van der Waals surface area contributed by atoms with Crippen molar-refractivity contribution in [2.45, 2.75) is 13.0 Å². The molecule has 0 saturated carbocycles. The van der Waals surface area contributed by atoms with Gasteiger partial charge in [0.1, 0.15) is 17.9 Å². The number of amides is 2. The van der Waals surface area contributed by atoms with Crippen molar-refractivity contribution in [2.24, 2.45) is 0 Å². The number of aromatic nitrogens is 2. The van der Waals surface area contributed by atoms with E-state index in [1.807, 2.05) is 78.9 Å². The highest BCUT2D eigenvalue weighted by Gasteiger charge is 2.34.